The van der Waals surface area contributed by atoms with Crippen molar-refractivity contribution in [1.29, 1.82) is 0 Å². The molecule has 18 heavy (non-hydrogen) atoms. The molecule has 1 aromatic rings. The van der Waals surface area contributed by atoms with Gasteiger partial charge in [0.1, 0.15) is 5.60 Å². The highest BCUT2D eigenvalue weighted by Crippen LogP contribution is 2.12. The van der Waals surface area contributed by atoms with Crippen LogP contribution < -0.4 is 0 Å². The second-order valence-electron chi connectivity index (χ2n) is 5.11. The molecule has 0 aromatic heterocycles. The lowest BCUT2D eigenvalue weighted by Crippen LogP contribution is -2.22. The van der Waals surface area contributed by atoms with Gasteiger partial charge in [-0.1, -0.05) is 42.5 Å². The van der Waals surface area contributed by atoms with Gasteiger partial charge in [-0.2, -0.15) is 0 Å². The fourth-order valence-corrected chi connectivity index (χ4v) is 1.40. The molecule has 1 aromatic carbocycles. The highest BCUT2D eigenvalue weighted by atomic mass is 16.6. The molecular weight excluding hydrogens is 224 g/mol. The van der Waals surface area contributed by atoms with E-state index in [2.05, 4.69) is 0 Å². The average molecular weight is 244 g/mol. The molecule has 0 heterocycles. The van der Waals surface area contributed by atoms with Gasteiger partial charge in [-0.05, 0) is 38.8 Å². The van der Waals surface area contributed by atoms with Gasteiger partial charge in [-0.15, -0.1) is 0 Å². The van der Waals surface area contributed by atoms with E-state index in [1.165, 1.54) is 6.08 Å². The van der Waals surface area contributed by atoms with Crippen LogP contribution in [-0.2, 0) is 9.53 Å². The molecule has 0 atom stereocenters. The second-order valence-corrected chi connectivity index (χ2v) is 5.11. The first kappa shape index (κ1) is 14.2. The Morgan fingerprint density at radius 2 is 1.78 bits per heavy atom. The molecule has 0 saturated carbocycles. The Labute approximate surface area is 109 Å². The fourth-order valence-electron chi connectivity index (χ4n) is 1.40. The molecule has 96 valence electrons. The summed E-state index contributed by atoms with van der Waals surface area (Å²) in [6.07, 6.45) is 5.06. The molecule has 0 aliphatic rings. The van der Waals surface area contributed by atoms with Crippen molar-refractivity contribution in [2.75, 3.05) is 0 Å². The minimum absolute atomic E-state index is 0.320. The fraction of sp³-hybridized carbons (Fsp3) is 0.312. The molecule has 0 fully saturated rings. The lowest BCUT2D eigenvalue weighted by molar-refractivity contribution is -0.148. The van der Waals surface area contributed by atoms with Crippen molar-refractivity contribution < 1.29 is 9.53 Å². The number of ether oxygens (including phenoxy) is 1. The number of allylic oxidation sites excluding steroid dienone is 3. The zero-order valence-corrected chi connectivity index (χ0v) is 11.4. The Balaban J connectivity index is 2.61. The highest BCUT2D eigenvalue weighted by molar-refractivity contribution is 5.83. The monoisotopic (exact) mass is 244 g/mol. The van der Waals surface area contributed by atoms with Gasteiger partial charge >= 0.3 is 5.97 Å². The Morgan fingerprint density at radius 3 is 2.33 bits per heavy atom. The summed E-state index contributed by atoms with van der Waals surface area (Å²) in [4.78, 5) is 11.4. The number of carbonyl (C=O) groups excluding carboxylic acids is 1. The molecule has 2 nitrogen and oxygen atoms in total. The predicted octanol–water partition coefficient (Wildman–Crippen LogP) is 3.99. The van der Waals surface area contributed by atoms with Crippen LogP contribution in [0.1, 0.15) is 33.3 Å². The maximum atomic E-state index is 11.4. The SMILES string of the molecule is C/C(=C\C=C\C(=O)OC(C)(C)C)c1ccccc1. The second kappa shape index (κ2) is 6.20. The Morgan fingerprint density at radius 1 is 1.17 bits per heavy atom. The molecule has 0 unspecified atom stereocenters. The van der Waals surface area contributed by atoms with Crippen molar-refractivity contribution in [1.82, 2.24) is 0 Å². The topological polar surface area (TPSA) is 26.3 Å². The van der Waals surface area contributed by atoms with Gasteiger partial charge in [0.25, 0.3) is 0 Å². The first-order valence-corrected chi connectivity index (χ1v) is 6.02. The number of hydrogen-bond acceptors (Lipinski definition) is 2. The summed E-state index contributed by atoms with van der Waals surface area (Å²) in [5.74, 6) is -0.320. The minimum atomic E-state index is -0.445. The smallest absolute Gasteiger partial charge is 0.331 e. The Kier molecular flexibility index (Phi) is 4.90. The molecular formula is C16H20O2. The van der Waals surface area contributed by atoms with Crippen molar-refractivity contribution in [2.24, 2.45) is 0 Å². The van der Waals surface area contributed by atoms with Gasteiger partial charge < -0.3 is 4.74 Å². The van der Waals surface area contributed by atoms with Gasteiger partial charge in [0, 0.05) is 6.08 Å². The van der Waals surface area contributed by atoms with E-state index >= 15 is 0 Å². The van der Waals surface area contributed by atoms with Crippen LogP contribution in [0.3, 0.4) is 0 Å². The Bertz CT molecular complexity index is 448. The van der Waals surface area contributed by atoms with Crippen molar-refractivity contribution in [3.05, 3.63) is 54.1 Å². The van der Waals surface area contributed by atoms with E-state index < -0.39 is 5.60 Å². The van der Waals surface area contributed by atoms with E-state index in [1.54, 1.807) is 6.08 Å². The maximum Gasteiger partial charge on any atom is 0.331 e. The lowest BCUT2D eigenvalue weighted by Gasteiger charge is -2.17. The standard InChI is InChI=1S/C16H20O2/c1-13(14-10-6-5-7-11-14)9-8-12-15(17)18-16(2,3)4/h5-12H,1-4H3/b12-8+,13-9+. The maximum absolute atomic E-state index is 11.4. The molecule has 0 spiro atoms. The van der Waals surface area contributed by atoms with E-state index in [9.17, 15) is 4.79 Å². The number of hydrogen-bond donors (Lipinski definition) is 0. The van der Waals surface area contributed by atoms with Crippen LogP contribution in [0.5, 0.6) is 0 Å². The lowest BCUT2D eigenvalue weighted by atomic mass is 10.1. The summed E-state index contributed by atoms with van der Waals surface area (Å²) in [6.45, 7) is 7.56. The third-order valence-electron chi connectivity index (χ3n) is 2.21. The summed E-state index contributed by atoms with van der Waals surface area (Å²) in [6, 6.07) is 10.0. The third-order valence-corrected chi connectivity index (χ3v) is 2.21. The van der Waals surface area contributed by atoms with Crippen LogP contribution in [0.4, 0.5) is 0 Å². The number of carbonyl (C=O) groups is 1. The molecule has 0 N–H and O–H groups in total. The minimum Gasteiger partial charge on any atom is -0.457 e. The normalized spacial score (nSPS) is 12.8. The first-order chi connectivity index (χ1) is 8.38. The molecule has 0 radical (unpaired) electrons. The van der Waals surface area contributed by atoms with Gasteiger partial charge in [0.15, 0.2) is 0 Å². The quantitative estimate of drug-likeness (QED) is 0.456. The molecule has 0 amide bonds. The molecule has 0 aliphatic carbocycles. The number of esters is 1. The van der Waals surface area contributed by atoms with E-state index in [-0.39, 0.29) is 5.97 Å². The van der Waals surface area contributed by atoms with E-state index in [1.807, 2.05) is 64.1 Å². The molecule has 0 saturated heterocycles. The first-order valence-electron chi connectivity index (χ1n) is 6.02. The average Bonchev–Trinajstić information content (AvgIpc) is 2.27. The zero-order valence-electron chi connectivity index (χ0n) is 11.4. The van der Waals surface area contributed by atoms with Crippen molar-refractivity contribution in [2.45, 2.75) is 33.3 Å². The number of benzene rings is 1. The van der Waals surface area contributed by atoms with Crippen LogP contribution in [0.15, 0.2) is 48.6 Å². The summed E-state index contributed by atoms with van der Waals surface area (Å²) in [5, 5.41) is 0. The Hall–Kier alpha value is -1.83. The summed E-state index contributed by atoms with van der Waals surface area (Å²) >= 11 is 0. The summed E-state index contributed by atoms with van der Waals surface area (Å²) < 4.78 is 5.17. The van der Waals surface area contributed by atoms with Crippen LogP contribution in [0.25, 0.3) is 5.57 Å². The molecule has 2 heteroatoms. The van der Waals surface area contributed by atoms with Gasteiger partial charge in [0.05, 0.1) is 0 Å². The molecule has 0 aliphatic heterocycles. The van der Waals surface area contributed by atoms with Gasteiger partial charge in [-0.3, -0.25) is 0 Å². The zero-order chi connectivity index (χ0) is 13.6. The highest BCUT2D eigenvalue weighted by Gasteiger charge is 2.13. The van der Waals surface area contributed by atoms with Crippen LogP contribution in [0.2, 0.25) is 0 Å². The molecule has 1 rings (SSSR count). The largest absolute Gasteiger partial charge is 0.457 e. The van der Waals surface area contributed by atoms with Crippen LogP contribution in [-0.4, -0.2) is 11.6 Å². The van der Waals surface area contributed by atoms with Gasteiger partial charge in [-0.25, -0.2) is 4.79 Å². The van der Waals surface area contributed by atoms with E-state index in [0.717, 1.165) is 11.1 Å². The van der Waals surface area contributed by atoms with Crippen LogP contribution in [0, 0.1) is 0 Å². The molecule has 0 bridgehead atoms. The summed E-state index contributed by atoms with van der Waals surface area (Å²) in [5.41, 5.74) is 1.81. The number of rotatable bonds is 3. The van der Waals surface area contributed by atoms with Crippen molar-refractivity contribution >= 4 is 11.5 Å². The van der Waals surface area contributed by atoms with Gasteiger partial charge in [0.2, 0.25) is 0 Å². The van der Waals surface area contributed by atoms with E-state index in [0.29, 0.717) is 0 Å². The van der Waals surface area contributed by atoms with E-state index in [4.69, 9.17) is 4.74 Å². The predicted molar refractivity (Wildman–Crippen MR) is 75.1 cm³/mol. The summed E-state index contributed by atoms with van der Waals surface area (Å²) in [7, 11) is 0. The van der Waals surface area contributed by atoms with Crippen molar-refractivity contribution in [3.63, 3.8) is 0 Å². The van der Waals surface area contributed by atoms with Crippen molar-refractivity contribution in [3.8, 4) is 0 Å². The van der Waals surface area contributed by atoms with Crippen LogP contribution >= 0.6 is 0 Å². The third kappa shape index (κ3) is 5.48.